The van der Waals surface area contributed by atoms with Gasteiger partial charge in [-0.05, 0) is 18.6 Å². The molecule has 0 saturated heterocycles. The van der Waals surface area contributed by atoms with E-state index in [0.717, 1.165) is 18.7 Å². The number of rotatable bonds is 6. The van der Waals surface area contributed by atoms with Gasteiger partial charge in [-0.3, -0.25) is 14.8 Å². The second-order valence-corrected chi connectivity index (χ2v) is 4.73. The van der Waals surface area contributed by atoms with Crippen molar-refractivity contribution in [3.05, 3.63) is 51.3 Å². The minimum absolute atomic E-state index is 0.0129. The van der Waals surface area contributed by atoms with Crippen LogP contribution in [-0.2, 0) is 13.1 Å². The molecule has 0 unspecified atom stereocenters. The fourth-order valence-electron chi connectivity index (χ4n) is 1.87. The number of nitrogens with zero attached hydrogens (tertiary/aromatic N) is 3. The summed E-state index contributed by atoms with van der Waals surface area (Å²) in [6.07, 6.45) is 2.73. The van der Waals surface area contributed by atoms with Gasteiger partial charge in [0.05, 0.1) is 27.9 Å². The van der Waals surface area contributed by atoms with Crippen molar-refractivity contribution in [2.24, 2.45) is 0 Å². The van der Waals surface area contributed by atoms with Crippen LogP contribution in [0.1, 0.15) is 19.0 Å². The highest BCUT2D eigenvalue weighted by Gasteiger charge is 2.10. The zero-order chi connectivity index (χ0) is 14.5. The van der Waals surface area contributed by atoms with Crippen molar-refractivity contribution in [2.45, 2.75) is 26.4 Å². The molecule has 0 bridgehead atoms. The van der Waals surface area contributed by atoms with Crippen LogP contribution in [0.4, 0.5) is 11.4 Å². The van der Waals surface area contributed by atoms with Crippen molar-refractivity contribution in [1.29, 1.82) is 0 Å². The molecule has 2 rings (SSSR count). The fraction of sp³-hybridized carbons (Fsp3) is 0.308. The Kier molecular flexibility index (Phi) is 4.57. The van der Waals surface area contributed by atoms with Gasteiger partial charge in [-0.1, -0.05) is 18.5 Å². The summed E-state index contributed by atoms with van der Waals surface area (Å²) in [6.45, 7) is 3.43. The molecule has 1 N–H and O–H groups in total. The molecular weight excluding hydrogens is 280 g/mol. The molecule has 7 heteroatoms. The van der Waals surface area contributed by atoms with Crippen LogP contribution in [0, 0.1) is 10.1 Å². The summed E-state index contributed by atoms with van der Waals surface area (Å²) >= 11 is 6.03. The average Bonchev–Trinajstić information content (AvgIpc) is 2.85. The van der Waals surface area contributed by atoms with Gasteiger partial charge >= 0.3 is 0 Å². The number of nitrogens with one attached hydrogen (secondary N) is 1. The molecular formula is C13H15ClN4O2. The first-order valence-electron chi connectivity index (χ1n) is 6.30. The quantitative estimate of drug-likeness (QED) is 0.654. The number of nitro groups is 1. The van der Waals surface area contributed by atoms with Gasteiger partial charge in [0.1, 0.15) is 0 Å². The number of halogens is 1. The molecule has 2 aromatic rings. The Morgan fingerprint density at radius 2 is 2.25 bits per heavy atom. The molecule has 0 saturated carbocycles. The van der Waals surface area contributed by atoms with Crippen molar-refractivity contribution in [3.8, 4) is 0 Å². The van der Waals surface area contributed by atoms with Crippen LogP contribution in [0.25, 0.3) is 0 Å². The lowest BCUT2D eigenvalue weighted by Gasteiger charge is -2.10. The second-order valence-electron chi connectivity index (χ2n) is 4.32. The Morgan fingerprint density at radius 3 is 2.95 bits per heavy atom. The molecule has 0 aliphatic rings. The third kappa shape index (κ3) is 3.27. The SMILES string of the molecule is CCCn1nccc1CNc1cc([N+](=O)[O-])ccc1Cl. The zero-order valence-corrected chi connectivity index (χ0v) is 11.8. The number of anilines is 1. The van der Waals surface area contributed by atoms with Crippen LogP contribution in [0.2, 0.25) is 5.02 Å². The highest BCUT2D eigenvalue weighted by atomic mass is 35.5. The molecule has 0 fully saturated rings. The number of hydrogen-bond acceptors (Lipinski definition) is 4. The predicted octanol–water partition coefficient (Wildman–Crippen LogP) is 3.47. The van der Waals surface area contributed by atoms with Gasteiger partial charge in [-0.25, -0.2) is 0 Å². The molecule has 0 aliphatic heterocycles. The van der Waals surface area contributed by atoms with E-state index >= 15 is 0 Å². The van der Waals surface area contributed by atoms with Gasteiger partial charge in [0, 0.05) is 24.9 Å². The molecule has 1 heterocycles. The van der Waals surface area contributed by atoms with E-state index in [1.54, 1.807) is 6.20 Å². The number of hydrogen-bond donors (Lipinski definition) is 1. The molecule has 0 radical (unpaired) electrons. The zero-order valence-electron chi connectivity index (χ0n) is 11.0. The predicted molar refractivity (Wildman–Crippen MR) is 78.0 cm³/mol. The van der Waals surface area contributed by atoms with E-state index in [-0.39, 0.29) is 5.69 Å². The van der Waals surface area contributed by atoms with E-state index < -0.39 is 4.92 Å². The van der Waals surface area contributed by atoms with Gasteiger partial charge in [0.25, 0.3) is 5.69 Å². The Hall–Kier alpha value is -2.08. The summed E-state index contributed by atoms with van der Waals surface area (Å²) in [5.41, 5.74) is 1.57. The normalized spacial score (nSPS) is 10.5. The molecule has 0 amide bonds. The molecule has 1 aromatic carbocycles. The molecule has 0 aliphatic carbocycles. The number of nitro benzene ring substituents is 1. The minimum Gasteiger partial charge on any atom is -0.378 e. The van der Waals surface area contributed by atoms with Gasteiger partial charge in [-0.15, -0.1) is 0 Å². The largest absolute Gasteiger partial charge is 0.378 e. The van der Waals surface area contributed by atoms with Gasteiger partial charge in [-0.2, -0.15) is 5.10 Å². The molecule has 1 aromatic heterocycles. The highest BCUT2D eigenvalue weighted by Crippen LogP contribution is 2.27. The molecule has 0 spiro atoms. The molecule has 6 nitrogen and oxygen atoms in total. The fourth-order valence-corrected chi connectivity index (χ4v) is 2.06. The van der Waals surface area contributed by atoms with E-state index in [4.69, 9.17) is 11.6 Å². The average molecular weight is 295 g/mol. The summed E-state index contributed by atoms with van der Waals surface area (Å²) in [5.74, 6) is 0. The maximum absolute atomic E-state index is 10.8. The van der Waals surface area contributed by atoms with E-state index in [1.165, 1.54) is 18.2 Å². The van der Waals surface area contributed by atoms with Crippen LogP contribution in [0.3, 0.4) is 0 Å². The van der Waals surface area contributed by atoms with Crippen molar-refractivity contribution in [2.75, 3.05) is 5.32 Å². The number of aromatic nitrogens is 2. The Bertz CT molecular complexity index is 612. The lowest BCUT2D eigenvalue weighted by atomic mass is 10.2. The lowest BCUT2D eigenvalue weighted by molar-refractivity contribution is -0.384. The van der Waals surface area contributed by atoms with Crippen LogP contribution >= 0.6 is 11.6 Å². The van der Waals surface area contributed by atoms with E-state index in [2.05, 4.69) is 17.3 Å². The van der Waals surface area contributed by atoms with Crippen LogP contribution in [-0.4, -0.2) is 14.7 Å². The summed E-state index contributed by atoms with van der Waals surface area (Å²) in [4.78, 5) is 10.3. The van der Waals surface area contributed by atoms with Gasteiger partial charge < -0.3 is 5.32 Å². The van der Waals surface area contributed by atoms with E-state index in [0.29, 0.717) is 17.3 Å². The maximum Gasteiger partial charge on any atom is 0.271 e. The van der Waals surface area contributed by atoms with Crippen molar-refractivity contribution in [3.63, 3.8) is 0 Å². The molecule has 20 heavy (non-hydrogen) atoms. The van der Waals surface area contributed by atoms with Crippen LogP contribution < -0.4 is 5.32 Å². The van der Waals surface area contributed by atoms with Gasteiger partial charge in [0.15, 0.2) is 0 Å². The second kappa shape index (κ2) is 6.38. The van der Waals surface area contributed by atoms with Crippen LogP contribution in [0.5, 0.6) is 0 Å². The highest BCUT2D eigenvalue weighted by molar-refractivity contribution is 6.33. The minimum atomic E-state index is -0.442. The third-order valence-corrected chi connectivity index (χ3v) is 3.19. The number of benzene rings is 1. The summed E-state index contributed by atoms with van der Waals surface area (Å²) in [7, 11) is 0. The maximum atomic E-state index is 10.8. The van der Waals surface area contributed by atoms with E-state index in [9.17, 15) is 10.1 Å². The molecule has 0 atom stereocenters. The standard InChI is InChI=1S/C13H15ClN4O2/c1-2-7-17-11(5-6-16-17)9-15-13-8-10(18(19)20)3-4-12(13)14/h3-6,8,15H,2,7,9H2,1H3. The summed E-state index contributed by atoms with van der Waals surface area (Å²) in [6, 6.07) is 6.25. The van der Waals surface area contributed by atoms with Crippen molar-refractivity contribution < 1.29 is 4.92 Å². The monoisotopic (exact) mass is 294 g/mol. The molecule has 106 valence electrons. The topological polar surface area (TPSA) is 73.0 Å². The van der Waals surface area contributed by atoms with Crippen LogP contribution in [0.15, 0.2) is 30.5 Å². The Balaban J connectivity index is 2.12. The Labute approximate surface area is 121 Å². The Morgan fingerprint density at radius 1 is 1.45 bits per heavy atom. The number of aryl methyl sites for hydroxylation is 1. The lowest BCUT2D eigenvalue weighted by Crippen LogP contribution is -2.09. The first kappa shape index (κ1) is 14.3. The number of non-ortho nitro benzene ring substituents is 1. The summed E-state index contributed by atoms with van der Waals surface area (Å²) in [5, 5.41) is 18.5. The summed E-state index contributed by atoms with van der Waals surface area (Å²) < 4.78 is 1.90. The van der Waals surface area contributed by atoms with E-state index in [1.807, 2.05) is 10.7 Å². The smallest absolute Gasteiger partial charge is 0.271 e. The first-order valence-corrected chi connectivity index (χ1v) is 6.68. The first-order chi connectivity index (χ1) is 9.61. The third-order valence-electron chi connectivity index (χ3n) is 2.86. The van der Waals surface area contributed by atoms with Gasteiger partial charge in [0.2, 0.25) is 0 Å². The van der Waals surface area contributed by atoms with Crippen molar-refractivity contribution >= 4 is 23.0 Å². The van der Waals surface area contributed by atoms with Crippen molar-refractivity contribution in [1.82, 2.24) is 9.78 Å².